The molecule has 4 nitrogen and oxygen atoms in total. The van der Waals surface area contributed by atoms with Crippen molar-refractivity contribution < 1.29 is 18.7 Å². The second-order valence-electron chi connectivity index (χ2n) is 14.1. The molecule has 0 bridgehead atoms. The standard InChI is InChI=1S/C29H48O4Si/c1-20(33-34(6,7)26(2,3)4)23-10-11-25-22-9-8-21-18-29(31-16-17-32-29)15-14-27(21,5)24(22)12-13-28(23,25)19-30/h8,19-20,22-25H,9-18H2,1-7H3/t20?,22-,23-,24+,25+,27+,28+/m1/s1. The molecule has 5 rings (SSSR count). The van der Waals surface area contributed by atoms with Gasteiger partial charge in [-0.25, -0.2) is 0 Å². The van der Waals surface area contributed by atoms with Crippen LogP contribution in [-0.4, -0.2) is 39.7 Å². The van der Waals surface area contributed by atoms with E-state index in [0.717, 1.165) is 51.7 Å². The van der Waals surface area contributed by atoms with E-state index in [0.29, 0.717) is 23.7 Å². The topological polar surface area (TPSA) is 44.8 Å². The van der Waals surface area contributed by atoms with Crippen LogP contribution in [0.25, 0.3) is 0 Å². The van der Waals surface area contributed by atoms with Gasteiger partial charge in [0.25, 0.3) is 0 Å². The van der Waals surface area contributed by atoms with Crippen LogP contribution in [0.2, 0.25) is 18.1 Å². The number of rotatable bonds is 4. The summed E-state index contributed by atoms with van der Waals surface area (Å²) in [7, 11) is -1.87. The summed E-state index contributed by atoms with van der Waals surface area (Å²) in [4.78, 5) is 13.0. The zero-order chi connectivity index (χ0) is 24.6. The average Bonchev–Trinajstić information content (AvgIpc) is 3.38. The Bertz CT molecular complexity index is 838. The molecule has 192 valence electrons. The summed E-state index contributed by atoms with van der Waals surface area (Å²) >= 11 is 0. The van der Waals surface area contributed by atoms with E-state index in [9.17, 15) is 4.79 Å². The summed E-state index contributed by atoms with van der Waals surface area (Å²) in [6, 6.07) is 0. The Kier molecular flexibility index (Phi) is 6.11. The van der Waals surface area contributed by atoms with Gasteiger partial charge in [0.1, 0.15) is 6.29 Å². The minimum Gasteiger partial charge on any atom is -0.414 e. The van der Waals surface area contributed by atoms with Crippen molar-refractivity contribution in [2.75, 3.05) is 13.2 Å². The van der Waals surface area contributed by atoms with Crippen molar-refractivity contribution in [3.8, 4) is 0 Å². The van der Waals surface area contributed by atoms with Crippen molar-refractivity contribution in [2.45, 2.75) is 116 Å². The summed E-state index contributed by atoms with van der Waals surface area (Å²) in [6.45, 7) is 17.9. The Morgan fingerprint density at radius 2 is 1.79 bits per heavy atom. The lowest BCUT2D eigenvalue weighted by Crippen LogP contribution is -2.55. The number of fused-ring (bicyclic) bond motifs is 5. The Balaban J connectivity index is 1.38. The van der Waals surface area contributed by atoms with Crippen LogP contribution in [0.4, 0.5) is 0 Å². The molecule has 34 heavy (non-hydrogen) atoms. The van der Waals surface area contributed by atoms with Crippen LogP contribution in [0.1, 0.15) is 86.0 Å². The van der Waals surface area contributed by atoms with E-state index < -0.39 is 8.32 Å². The fraction of sp³-hybridized carbons (Fsp3) is 0.897. The Morgan fingerprint density at radius 1 is 1.09 bits per heavy atom. The molecular weight excluding hydrogens is 440 g/mol. The number of carbonyl (C=O) groups excluding carboxylic acids is 1. The zero-order valence-corrected chi connectivity index (χ0v) is 23.7. The predicted molar refractivity (Wildman–Crippen MR) is 138 cm³/mol. The number of carbonyl (C=O) groups is 1. The first-order valence-electron chi connectivity index (χ1n) is 14.0. The van der Waals surface area contributed by atoms with Crippen LogP contribution in [-0.2, 0) is 18.7 Å². The van der Waals surface area contributed by atoms with Crippen LogP contribution < -0.4 is 0 Å². The Labute approximate surface area is 208 Å². The minimum absolute atomic E-state index is 0.157. The molecule has 5 aliphatic rings. The van der Waals surface area contributed by atoms with Gasteiger partial charge in [-0.1, -0.05) is 39.3 Å². The van der Waals surface area contributed by atoms with Gasteiger partial charge in [-0.3, -0.25) is 0 Å². The summed E-state index contributed by atoms with van der Waals surface area (Å²) < 4.78 is 19.1. The van der Waals surface area contributed by atoms with E-state index in [1.165, 1.54) is 19.1 Å². The van der Waals surface area contributed by atoms with Gasteiger partial charge in [0.05, 0.1) is 13.2 Å². The molecule has 0 N–H and O–H groups in total. The largest absolute Gasteiger partial charge is 0.414 e. The van der Waals surface area contributed by atoms with Gasteiger partial charge >= 0.3 is 0 Å². The highest BCUT2D eigenvalue weighted by molar-refractivity contribution is 6.74. The molecule has 0 radical (unpaired) electrons. The molecule has 3 saturated carbocycles. The predicted octanol–water partition coefficient (Wildman–Crippen LogP) is 6.90. The highest BCUT2D eigenvalue weighted by atomic mass is 28.4. The fourth-order valence-electron chi connectivity index (χ4n) is 8.75. The first kappa shape index (κ1) is 25.2. The SMILES string of the molecule is CC(O[Si](C)(C)C(C)(C)C)[C@H]1CC[C@H]2[C@@H]3CC=C4CC5(CC[C@]4(C)[C@H]3CC[C@]12C=O)OCCO5. The van der Waals surface area contributed by atoms with E-state index in [1.807, 2.05) is 0 Å². The quantitative estimate of drug-likeness (QED) is 0.245. The molecule has 1 unspecified atom stereocenters. The van der Waals surface area contributed by atoms with E-state index in [-0.39, 0.29) is 27.8 Å². The monoisotopic (exact) mass is 488 g/mol. The van der Waals surface area contributed by atoms with E-state index in [1.54, 1.807) is 5.57 Å². The highest BCUT2D eigenvalue weighted by Crippen LogP contribution is 2.67. The lowest BCUT2D eigenvalue weighted by Gasteiger charge is -2.58. The summed E-state index contributed by atoms with van der Waals surface area (Å²) in [5, 5.41) is 0.190. The van der Waals surface area contributed by atoms with Gasteiger partial charge in [-0.15, -0.1) is 0 Å². The summed E-state index contributed by atoms with van der Waals surface area (Å²) in [6.07, 6.45) is 12.8. The van der Waals surface area contributed by atoms with Crippen LogP contribution in [0.15, 0.2) is 11.6 Å². The molecule has 1 saturated heterocycles. The van der Waals surface area contributed by atoms with Crippen molar-refractivity contribution in [1.29, 1.82) is 0 Å². The van der Waals surface area contributed by atoms with Crippen LogP contribution >= 0.6 is 0 Å². The van der Waals surface area contributed by atoms with Crippen LogP contribution in [0.5, 0.6) is 0 Å². The maximum atomic E-state index is 13.0. The molecule has 0 aromatic heterocycles. The first-order valence-corrected chi connectivity index (χ1v) is 16.9. The second-order valence-corrected chi connectivity index (χ2v) is 18.8. The van der Waals surface area contributed by atoms with Crippen molar-refractivity contribution in [3.05, 3.63) is 11.6 Å². The number of ether oxygens (including phenoxy) is 2. The Morgan fingerprint density at radius 3 is 2.44 bits per heavy atom. The molecule has 7 atom stereocenters. The van der Waals surface area contributed by atoms with E-state index >= 15 is 0 Å². The van der Waals surface area contributed by atoms with Gasteiger partial charge in [-0.2, -0.15) is 0 Å². The molecule has 1 heterocycles. The molecule has 4 aliphatic carbocycles. The van der Waals surface area contributed by atoms with Gasteiger partial charge in [0.2, 0.25) is 0 Å². The molecule has 1 aliphatic heterocycles. The summed E-state index contributed by atoms with van der Waals surface area (Å²) in [5.41, 5.74) is 1.61. The number of aldehydes is 1. The van der Waals surface area contributed by atoms with Crippen molar-refractivity contribution in [3.63, 3.8) is 0 Å². The van der Waals surface area contributed by atoms with Gasteiger partial charge in [0, 0.05) is 24.4 Å². The Hall–Kier alpha value is -0.493. The normalized spacial score (nSPS) is 42.5. The minimum atomic E-state index is -1.87. The molecule has 0 aromatic carbocycles. The third-order valence-corrected chi connectivity index (χ3v) is 16.2. The zero-order valence-electron chi connectivity index (χ0n) is 22.7. The smallest absolute Gasteiger partial charge is 0.192 e. The van der Waals surface area contributed by atoms with E-state index in [4.69, 9.17) is 13.9 Å². The molecular formula is C29H48O4Si. The van der Waals surface area contributed by atoms with Crippen molar-refractivity contribution in [1.82, 2.24) is 0 Å². The maximum absolute atomic E-state index is 13.0. The van der Waals surface area contributed by atoms with Crippen LogP contribution in [0, 0.1) is 34.5 Å². The molecule has 5 heteroatoms. The number of allylic oxidation sites excluding steroid dienone is 1. The van der Waals surface area contributed by atoms with Gasteiger partial charge in [0.15, 0.2) is 14.1 Å². The highest BCUT2D eigenvalue weighted by Gasteiger charge is 2.63. The third-order valence-electron chi connectivity index (χ3n) is 11.7. The lowest BCUT2D eigenvalue weighted by atomic mass is 9.47. The van der Waals surface area contributed by atoms with E-state index in [2.05, 4.69) is 53.8 Å². The average molecular weight is 489 g/mol. The van der Waals surface area contributed by atoms with Crippen molar-refractivity contribution in [2.24, 2.45) is 34.5 Å². The third kappa shape index (κ3) is 3.66. The number of hydrogen-bond donors (Lipinski definition) is 0. The first-order chi connectivity index (χ1) is 15.9. The van der Waals surface area contributed by atoms with Gasteiger partial charge < -0.3 is 18.7 Å². The summed E-state index contributed by atoms with van der Waals surface area (Å²) in [5.74, 6) is 1.81. The molecule has 0 aromatic rings. The molecule has 4 fully saturated rings. The number of hydrogen-bond acceptors (Lipinski definition) is 4. The van der Waals surface area contributed by atoms with Crippen molar-refractivity contribution >= 4 is 14.6 Å². The van der Waals surface area contributed by atoms with Crippen LogP contribution in [0.3, 0.4) is 0 Å². The fourth-order valence-corrected chi connectivity index (χ4v) is 10.2. The molecule has 0 amide bonds. The lowest BCUT2D eigenvalue weighted by molar-refractivity contribution is -0.185. The maximum Gasteiger partial charge on any atom is 0.192 e. The van der Waals surface area contributed by atoms with Gasteiger partial charge in [-0.05, 0) is 92.7 Å². The second kappa shape index (κ2) is 8.26. The molecule has 1 spiro atoms.